The SMILES string of the molecule is CC(C)COc1cc(F)cc(-c2ccc(C(=O)NS(=O)(=O)c3cccc(N)n3)c(OC(C)C3CCC3)n2)c1. The summed E-state index contributed by atoms with van der Waals surface area (Å²) in [7, 11) is -4.31. The summed E-state index contributed by atoms with van der Waals surface area (Å²) in [5.41, 5.74) is 6.28. The van der Waals surface area contributed by atoms with Crippen LogP contribution >= 0.6 is 0 Å². The van der Waals surface area contributed by atoms with Gasteiger partial charge >= 0.3 is 0 Å². The first-order valence-electron chi connectivity index (χ1n) is 12.4. The maximum absolute atomic E-state index is 14.4. The number of hydrogen-bond donors (Lipinski definition) is 2. The van der Waals surface area contributed by atoms with E-state index < -0.39 is 26.8 Å². The summed E-state index contributed by atoms with van der Waals surface area (Å²) in [4.78, 5) is 21.4. The molecule has 1 amide bonds. The van der Waals surface area contributed by atoms with Crippen LogP contribution in [0.4, 0.5) is 10.2 Å². The number of pyridine rings is 2. The van der Waals surface area contributed by atoms with Crippen molar-refractivity contribution >= 4 is 21.7 Å². The smallest absolute Gasteiger partial charge is 0.281 e. The van der Waals surface area contributed by atoms with Crippen LogP contribution < -0.4 is 19.9 Å². The van der Waals surface area contributed by atoms with Crippen LogP contribution in [0.25, 0.3) is 11.3 Å². The predicted molar refractivity (Wildman–Crippen MR) is 141 cm³/mol. The van der Waals surface area contributed by atoms with Crippen molar-refractivity contribution in [3.8, 4) is 22.9 Å². The number of ether oxygens (including phenoxy) is 2. The standard InChI is InChI=1S/C27H31FN4O5S/c1-16(2)15-36-21-13-19(12-20(28)14-21)23-11-10-22(27(30-23)37-17(3)18-6-4-7-18)26(33)32-38(34,35)25-9-5-8-24(29)31-25/h5,8-14,16-18H,4,6-7,15H2,1-3H3,(H2,29,31)(H,32,33). The number of rotatable bonds is 10. The Kier molecular flexibility index (Phi) is 8.15. The summed E-state index contributed by atoms with van der Waals surface area (Å²) < 4.78 is 53.7. The number of carbonyl (C=O) groups is 1. The molecule has 1 saturated carbocycles. The van der Waals surface area contributed by atoms with Crippen molar-refractivity contribution in [3.05, 3.63) is 59.9 Å². The summed E-state index contributed by atoms with van der Waals surface area (Å²) in [6.45, 7) is 6.27. The van der Waals surface area contributed by atoms with Gasteiger partial charge in [0.1, 0.15) is 29.1 Å². The number of hydrogen-bond acceptors (Lipinski definition) is 8. The molecule has 0 spiro atoms. The van der Waals surface area contributed by atoms with Crippen LogP contribution in [0.15, 0.2) is 53.6 Å². The number of sulfonamides is 1. The second kappa shape index (κ2) is 11.3. The molecule has 1 atom stereocenters. The van der Waals surface area contributed by atoms with E-state index in [-0.39, 0.29) is 29.3 Å². The zero-order valence-electron chi connectivity index (χ0n) is 21.5. The topological polar surface area (TPSA) is 134 Å². The second-order valence-corrected chi connectivity index (χ2v) is 11.4. The lowest BCUT2D eigenvalue weighted by atomic mass is 9.82. The zero-order valence-corrected chi connectivity index (χ0v) is 22.3. The predicted octanol–water partition coefficient (Wildman–Crippen LogP) is 4.59. The van der Waals surface area contributed by atoms with Gasteiger partial charge in [-0.2, -0.15) is 8.42 Å². The highest BCUT2D eigenvalue weighted by atomic mass is 32.2. The van der Waals surface area contributed by atoms with E-state index in [2.05, 4.69) is 9.97 Å². The molecule has 1 aliphatic rings. The van der Waals surface area contributed by atoms with Gasteiger partial charge < -0.3 is 15.2 Å². The van der Waals surface area contributed by atoms with Crippen molar-refractivity contribution in [2.75, 3.05) is 12.3 Å². The molecule has 1 aromatic carbocycles. The van der Waals surface area contributed by atoms with Gasteiger partial charge in [0, 0.05) is 11.6 Å². The summed E-state index contributed by atoms with van der Waals surface area (Å²) in [6, 6.07) is 11.2. The fourth-order valence-corrected chi connectivity index (χ4v) is 4.85. The molecule has 2 heterocycles. The highest BCUT2D eigenvalue weighted by molar-refractivity contribution is 7.90. The first-order chi connectivity index (χ1) is 18.0. The van der Waals surface area contributed by atoms with Crippen molar-refractivity contribution in [3.63, 3.8) is 0 Å². The fourth-order valence-electron chi connectivity index (χ4n) is 3.91. The van der Waals surface area contributed by atoms with Gasteiger partial charge in [0.05, 0.1) is 12.3 Å². The third kappa shape index (κ3) is 6.58. The van der Waals surface area contributed by atoms with Crippen molar-refractivity contribution in [2.45, 2.75) is 51.2 Å². The van der Waals surface area contributed by atoms with E-state index in [1.54, 1.807) is 6.07 Å². The molecule has 4 rings (SSSR count). The first kappa shape index (κ1) is 27.3. The summed E-state index contributed by atoms with van der Waals surface area (Å²) in [5, 5.41) is -0.394. The van der Waals surface area contributed by atoms with E-state index in [0.29, 0.717) is 29.5 Å². The Morgan fingerprint density at radius 1 is 1.13 bits per heavy atom. The highest BCUT2D eigenvalue weighted by Gasteiger charge is 2.29. The summed E-state index contributed by atoms with van der Waals surface area (Å²) >= 11 is 0. The number of nitrogens with two attached hydrogens (primary N) is 1. The van der Waals surface area contributed by atoms with E-state index in [4.69, 9.17) is 15.2 Å². The fraction of sp³-hybridized carbons (Fsp3) is 0.370. The normalized spacial score (nSPS) is 14.6. The molecule has 2 aromatic heterocycles. The third-order valence-electron chi connectivity index (χ3n) is 6.21. The van der Waals surface area contributed by atoms with E-state index in [0.717, 1.165) is 19.3 Å². The number of nitrogen functional groups attached to an aromatic ring is 1. The van der Waals surface area contributed by atoms with Crippen molar-refractivity contribution in [1.29, 1.82) is 0 Å². The van der Waals surface area contributed by atoms with Crippen LogP contribution in [0.3, 0.4) is 0 Å². The molecule has 11 heteroatoms. The van der Waals surface area contributed by atoms with Gasteiger partial charge in [-0.25, -0.2) is 19.1 Å². The number of carbonyl (C=O) groups excluding carboxylic acids is 1. The van der Waals surface area contributed by atoms with Crippen LogP contribution in [-0.4, -0.2) is 37.0 Å². The molecule has 9 nitrogen and oxygen atoms in total. The highest BCUT2D eigenvalue weighted by Crippen LogP contribution is 2.33. The Morgan fingerprint density at radius 2 is 1.89 bits per heavy atom. The zero-order chi connectivity index (χ0) is 27.4. The van der Waals surface area contributed by atoms with Gasteiger partial charge in [0.15, 0.2) is 5.03 Å². The number of amides is 1. The van der Waals surface area contributed by atoms with E-state index in [1.165, 1.54) is 42.5 Å². The maximum Gasteiger partial charge on any atom is 0.281 e. The number of nitrogens with zero attached hydrogens (tertiary/aromatic N) is 2. The second-order valence-electron chi connectivity index (χ2n) is 9.78. The van der Waals surface area contributed by atoms with Crippen LogP contribution in [0.5, 0.6) is 11.6 Å². The molecule has 3 aromatic rings. The average Bonchev–Trinajstić information content (AvgIpc) is 2.81. The Balaban J connectivity index is 1.67. The largest absolute Gasteiger partial charge is 0.493 e. The minimum absolute atomic E-state index is 0.00322. The molecule has 1 unspecified atom stereocenters. The first-order valence-corrected chi connectivity index (χ1v) is 13.9. The third-order valence-corrected chi connectivity index (χ3v) is 7.45. The lowest BCUT2D eigenvalue weighted by molar-refractivity contribution is 0.0884. The van der Waals surface area contributed by atoms with Crippen molar-refractivity contribution in [2.24, 2.45) is 11.8 Å². The Bertz CT molecular complexity index is 1430. The molecule has 0 radical (unpaired) electrons. The lowest BCUT2D eigenvalue weighted by Gasteiger charge is -2.31. The van der Waals surface area contributed by atoms with Gasteiger partial charge in [-0.3, -0.25) is 4.79 Å². The quantitative estimate of drug-likeness (QED) is 0.380. The molecule has 3 N–H and O–H groups in total. The van der Waals surface area contributed by atoms with Crippen LogP contribution in [0, 0.1) is 17.7 Å². The van der Waals surface area contributed by atoms with Crippen LogP contribution in [0.1, 0.15) is 50.4 Å². The average molecular weight is 543 g/mol. The molecular formula is C27H31FN4O5S. The maximum atomic E-state index is 14.4. The van der Waals surface area contributed by atoms with E-state index in [1.807, 2.05) is 25.5 Å². The van der Waals surface area contributed by atoms with Gasteiger partial charge in [-0.05, 0) is 68.0 Å². The summed E-state index contributed by atoms with van der Waals surface area (Å²) in [5.74, 6) is -0.602. The number of aromatic nitrogens is 2. The van der Waals surface area contributed by atoms with Gasteiger partial charge in [-0.1, -0.05) is 26.3 Å². The monoisotopic (exact) mass is 542 g/mol. The molecular weight excluding hydrogens is 511 g/mol. The number of benzene rings is 1. The van der Waals surface area contributed by atoms with Crippen molar-refractivity contribution < 1.29 is 27.1 Å². The number of halogens is 1. The lowest BCUT2D eigenvalue weighted by Crippen LogP contribution is -2.33. The number of anilines is 1. The van der Waals surface area contributed by atoms with Gasteiger partial charge in [0.25, 0.3) is 15.9 Å². The molecule has 0 aliphatic heterocycles. The minimum atomic E-state index is -4.31. The Morgan fingerprint density at radius 3 is 2.55 bits per heavy atom. The van der Waals surface area contributed by atoms with E-state index >= 15 is 0 Å². The molecule has 1 aliphatic carbocycles. The molecule has 1 fully saturated rings. The van der Waals surface area contributed by atoms with Crippen LogP contribution in [-0.2, 0) is 10.0 Å². The molecule has 38 heavy (non-hydrogen) atoms. The number of nitrogens with one attached hydrogen (secondary N) is 1. The van der Waals surface area contributed by atoms with Crippen LogP contribution in [0.2, 0.25) is 0 Å². The molecule has 0 bridgehead atoms. The molecule has 202 valence electrons. The Hall–Kier alpha value is -3.73. The van der Waals surface area contributed by atoms with E-state index in [9.17, 15) is 17.6 Å². The van der Waals surface area contributed by atoms with Gasteiger partial charge in [-0.15, -0.1) is 0 Å². The Labute approximate surface area is 221 Å². The molecule has 0 saturated heterocycles. The van der Waals surface area contributed by atoms with Crippen molar-refractivity contribution in [1.82, 2.24) is 14.7 Å². The minimum Gasteiger partial charge on any atom is -0.493 e. The van der Waals surface area contributed by atoms with Gasteiger partial charge in [0.2, 0.25) is 5.88 Å². The summed E-state index contributed by atoms with van der Waals surface area (Å²) in [6.07, 6.45) is 2.80.